The van der Waals surface area contributed by atoms with E-state index in [0.29, 0.717) is 17.0 Å². The minimum absolute atomic E-state index is 0.0336. The molecule has 1 fully saturated rings. The summed E-state index contributed by atoms with van der Waals surface area (Å²) in [6.07, 6.45) is 3.93. The molecule has 0 bridgehead atoms. The van der Waals surface area contributed by atoms with Gasteiger partial charge in [-0.3, -0.25) is 0 Å². The predicted molar refractivity (Wildman–Crippen MR) is 88.5 cm³/mol. The van der Waals surface area contributed by atoms with Crippen molar-refractivity contribution in [3.05, 3.63) is 41.1 Å². The molecule has 0 aromatic heterocycles. The molecular weight excluding hydrogens is 308 g/mol. The molecule has 0 radical (unpaired) electrons. The number of nitrogens with one attached hydrogen (secondary N) is 2. The van der Waals surface area contributed by atoms with Gasteiger partial charge >= 0.3 is 12.0 Å². The Hall–Kier alpha value is -2.50. The third kappa shape index (κ3) is 3.22. The van der Waals surface area contributed by atoms with Crippen molar-refractivity contribution in [1.82, 2.24) is 10.6 Å². The first-order chi connectivity index (χ1) is 11.6. The molecule has 1 aliphatic heterocycles. The first-order valence-electron chi connectivity index (χ1n) is 8.22. The standard InChI is InChI=1S/C18H22N2O4/c1-11-15(17(21)24-12-7-3-4-8-12)16(20-18(22)19-11)13-9-5-6-10-14(13)23-2/h5-6,9-10,12,16H,3-4,7-8H2,1-2H3,(H2,19,20,22). The summed E-state index contributed by atoms with van der Waals surface area (Å²) >= 11 is 0. The average molecular weight is 330 g/mol. The van der Waals surface area contributed by atoms with Crippen LogP contribution in [0, 0.1) is 0 Å². The summed E-state index contributed by atoms with van der Waals surface area (Å²) in [7, 11) is 1.56. The molecule has 1 aromatic rings. The maximum absolute atomic E-state index is 12.7. The van der Waals surface area contributed by atoms with Crippen molar-refractivity contribution in [2.75, 3.05) is 7.11 Å². The first kappa shape index (κ1) is 16.4. The zero-order valence-corrected chi connectivity index (χ0v) is 13.9. The van der Waals surface area contributed by atoms with E-state index in [1.54, 1.807) is 20.1 Å². The molecule has 128 valence electrons. The largest absolute Gasteiger partial charge is 0.496 e. The molecule has 1 saturated carbocycles. The van der Waals surface area contributed by atoms with Crippen molar-refractivity contribution in [3.8, 4) is 5.75 Å². The van der Waals surface area contributed by atoms with E-state index in [4.69, 9.17) is 9.47 Å². The van der Waals surface area contributed by atoms with Crippen molar-refractivity contribution in [2.24, 2.45) is 0 Å². The number of rotatable bonds is 4. The molecule has 2 aliphatic rings. The Morgan fingerprint density at radius 2 is 1.92 bits per heavy atom. The van der Waals surface area contributed by atoms with E-state index >= 15 is 0 Å². The zero-order chi connectivity index (χ0) is 17.1. The second-order valence-corrected chi connectivity index (χ2v) is 6.12. The molecule has 1 heterocycles. The highest BCUT2D eigenvalue weighted by Gasteiger charge is 2.35. The number of esters is 1. The van der Waals surface area contributed by atoms with Crippen LogP contribution in [0.25, 0.3) is 0 Å². The van der Waals surface area contributed by atoms with Gasteiger partial charge in [0.2, 0.25) is 0 Å². The molecule has 6 heteroatoms. The SMILES string of the molecule is COc1ccccc1C1NC(=O)NC(C)=C1C(=O)OC1CCCC1. The Morgan fingerprint density at radius 1 is 1.21 bits per heavy atom. The van der Waals surface area contributed by atoms with Gasteiger partial charge < -0.3 is 20.1 Å². The summed E-state index contributed by atoms with van der Waals surface area (Å²) in [5, 5.41) is 5.47. The van der Waals surface area contributed by atoms with Gasteiger partial charge in [-0.15, -0.1) is 0 Å². The third-order valence-electron chi connectivity index (χ3n) is 4.51. The van der Waals surface area contributed by atoms with Gasteiger partial charge in [-0.25, -0.2) is 9.59 Å². The Kier molecular flexibility index (Phi) is 4.74. The number of carbonyl (C=O) groups is 2. The van der Waals surface area contributed by atoms with Gasteiger partial charge in [0.05, 0.1) is 18.7 Å². The van der Waals surface area contributed by atoms with Crippen LogP contribution in [0.3, 0.4) is 0 Å². The van der Waals surface area contributed by atoms with Crippen LogP contribution in [0.5, 0.6) is 5.75 Å². The van der Waals surface area contributed by atoms with E-state index < -0.39 is 6.04 Å². The van der Waals surface area contributed by atoms with E-state index in [0.717, 1.165) is 31.2 Å². The number of carbonyl (C=O) groups excluding carboxylic acids is 2. The van der Waals surface area contributed by atoms with Crippen LogP contribution in [0.1, 0.15) is 44.2 Å². The van der Waals surface area contributed by atoms with E-state index in [2.05, 4.69) is 10.6 Å². The monoisotopic (exact) mass is 330 g/mol. The number of hydrogen-bond donors (Lipinski definition) is 2. The molecule has 1 aliphatic carbocycles. The molecule has 3 rings (SSSR count). The highest BCUT2D eigenvalue weighted by Crippen LogP contribution is 2.34. The summed E-state index contributed by atoms with van der Waals surface area (Å²) in [5.74, 6) is 0.228. The second-order valence-electron chi connectivity index (χ2n) is 6.12. The summed E-state index contributed by atoms with van der Waals surface area (Å²) < 4.78 is 11.0. The molecule has 1 aromatic carbocycles. The molecule has 0 saturated heterocycles. The van der Waals surface area contributed by atoms with Crippen molar-refractivity contribution in [3.63, 3.8) is 0 Å². The van der Waals surface area contributed by atoms with Crippen LogP contribution in [0.15, 0.2) is 35.5 Å². The number of amides is 2. The molecule has 24 heavy (non-hydrogen) atoms. The van der Waals surface area contributed by atoms with Crippen molar-refractivity contribution >= 4 is 12.0 Å². The van der Waals surface area contributed by atoms with Crippen LogP contribution in [-0.4, -0.2) is 25.2 Å². The van der Waals surface area contributed by atoms with Crippen LogP contribution in [-0.2, 0) is 9.53 Å². The molecule has 6 nitrogen and oxygen atoms in total. The van der Waals surface area contributed by atoms with Gasteiger partial charge in [0.1, 0.15) is 11.9 Å². The van der Waals surface area contributed by atoms with Crippen molar-refractivity contribution in [1.29, 1.82) is 0 Å². The third-order valence-corrected chi connectivity index (χ3v) is 4.51. The van der Waals surface area contributed by atoms with E-state index in [-0.39, 0.29) is 18.1 Å². The van der Waals surface area contributed by atoms with Crippen LogP contribution < -0.4 is 15.4 Å². The number of ether oxygens (including phenoxy) is 2. The topological polar surface area (TPSA) is 76.7 Å². The Labute approximate surface area is 141 Å². The first-order valence-corrected chi connectivity index (χ1v) is 8.22. The zero-order valence-electron chi connectivity index (χ0n) is 13.9. The summed E-state index contributed by atoms with van der Waals surface area (Å²) in [4.78, 5) is 24.7. The molecule has 2 N–H and O–H groups in total. The van der Waals surface area contributed by atoms with E-state index in [1.807, 2.05) is 18.2 Å². The number of allylic oxidation sites excluding steroid dienone is 1. The van der Waals surface area contributed by atoms with Gasteiger partial charge in [0, 0.05) is 11.3 Å². The Morgan fingerprint density at radius 3 is 2.62 bits per heavy atom. The maximum Gasteiger partial charge on any atom is 0.338 e. The quantitative estimate of drug-likeness (QED) is 0.832. The lowest BCUT2D eigenvalue weighted by atomic mass is 9.95. The lowest BCUT2D eigenvalue weighted by molar-refractivity contribution is -0.144. The van der Waals surface area contributed by atoms with Gasteiger partial charge in [0.25, 0.3) is 0 Å². The van der Waals surface area contributed by atoms with Gasteiger partial charge in [-0.2, -0.15) is 0 Å². The Balaban J connectivity index is 1.94. The highest BCUT2D eigenvalue weighted by molar-refractivity contribution is 5.95. The number of benzene rings is 1. The summed E-state index contributed by atoms with van der Waals surface area (Å²) in [6, 6.07) is 6.40. The van der Waals surface area contributed by atoms with Gasteiger partial charge in [0.15, 0.2) is 0 Å². The molecule has 1 atom stereocenters. The van der Waals surface area contributed by atoms with Crippen molar-refractivity contribution < 1.29 is 19.1 Å². The molecule has 2 amide bonds. The molecular formula is C18H22N2O4. The smallest absolute Gasteiger partial charge is 0.338 e. The highest BCUT2D eigenvalue weighted by atomic mass is 16.5. The lowest BCUT2D eigenvalue weighted by Gasteiger charge is -2.29. The fourth-order valence-electron chi connectivity index (χ4n) is 3.32. The van der Waals surface area contributed by atoms with Crippen molar-refractivity contribution in [2.45, 2.75) is 44.8 Å². The van der Waals surface area contributed by atoms with Crippen LogP contribution in [0.4, 0.5) is 4.79 Å². The fraction of sp³-hybridized carbons (Fsp3) is 0.444. The minimum Gasteiger partial charge on any atom is -0.496 e. The van der Waals surface area contributed by atoms with E-state index in [1.165, 1.54) is 0 Å². The van der Waals surface area contributed by atoms with Crippen LogP contribution in [0.2, 0.25) is 0 Å². The van der Waals surface area contributed by atoms with Gasteiger partial charge in [-0.1, -0.05) is 18.2 Å². The Bertz CT molecular complexity index is 677. The number of urea groups is 1. The number of methoxy groups -OCH3 is 1. The predicted octanol–water partition coefficient (Wildman–Crippen LogP) is 2.81. The normalized spacial score (nSPS) is 21.2. The van der Waals surface area contributed by atoms with E-state index in [9.17, 15) is 9.59 Å². The summed E-state index contributed by atoms with van der Waals surface area (Å²) in [6.45, 7) is 1.71. The lowest BCUT2D eigenvalue weighted by Crippen LogP contribution is -2.45. The number of hydrogen-bond acceptors (Lipinski definition) is 4. The second kappa shape index (κ2) is 6.95. The van der Waals surface area contributed by atoms with Gasteiger partial charge in [-0.05, 0) is 38.7 Å². The minimum atomic E-state index is -0.594. The fourth-order valence-corrected chi connectivity index (χ4v) is 3.32. The molecule has 1 unspecified atom stereocenters. The average Bonchev–Trinajstić information content (AvgIpc) is 3.06. The number of para-hydroxylation sites is 1. The maximum atomic E-state index is 12.7. The summed E-state index contributed by atoms with van der Waals surface area (Å²) in [5.41, 5.74) is 1.66. The van der Waals surface area contributed by atoms with Crippen LogP contribution >= 0.6 is 0 Å². The molecule has 0 spiro atoms.